The smallest absolute Gasteiger partial charge is 0.327 e. The van der Waals surface area contributed by atoms with Crippen LogP contribution in [-0.2, 0) is 10.1 Å². The zero-order valence-electron chi connectivity index (χ0n) is 9.66. The maximum atomic E-state index is 12.4. The van der Waals surface area contributed by atoms with Gasteiger partial charge in [-0.2, -0.15) is 21.6 Å². The van der Waals surface area contributed by atoms with Crippen molar-refractivity contribution < 1.29 is 30.5 Å². The molecule has 0 rings (SSSR count). The van der Waals surface area contributed by atoms with Crippen LogP contribution >= 0.6 is 0 Å². The van der Waals surface area contributed by atoms with Gasteiger partial charge < -0.3 is 5.73 Å². The summed E-state index contributed by atoms with van der Waals surface area (Å²) in [6.45, 7) is 3.94. The molecule has 0 heterocycles. The summed E-state index contributed by atoms with van der Waals surface area (Å²) >= 11 is 0. The summed E-state index contributed by atoms with van der Waals surface area (Å²) in [5.74, 6) is 0. The van der Waals surface area contributed by atoms with Gasteiger partial charge in [0.15, 0.2) is 0 Å². The first-order chi connectivity index (χ1) is 8.04. The molecule has 3 N–H and O–H groups in total. The van der Waals surface area contributed by atoms with Gasteiger partial charge in [0, 0.05) is 13.0 Å². The molecule has 1 atom stereocenters. The molecule has 0 aromatic heterocycles. The van der Waals surface area contributed by atoms with Gasteiger partial charge in [0.1, 0.15) is 0 Å². The van der Waals surface area contributed by atoms with Crippen molar-refractivity contribution in [2.24, 2.45) is 5.73 Å². The summed E-state index contributed by atoms with van der Waals surface area (Å²) in [5, 5.41) is 0. The third-order valence-electron chi connectivity index (χ3n) is 1.63. The van der Waals surface area contributed by atoms with E-state index in [1.54, 1.807) is 6.08 Å². The first-order valence-corrected chi connectivity index (χ1v) is 6.53. The minimum absolute atomic E-state index is 0.236. The molecular formula is C9H17F4NO3S. The molecule has 18 heavy (non-hydrogen) atoms. The summed E-state index contributed by atoms with van der Waals surface area (Å²) in [6, 6.07) is 0. The number of unbranched alkanes of at least 4 members (excludes halogenated alkanes) is 1. The van der Waals surface area contributed by atoms with E-state index < -0.39 is 34.6 Å². The predicted octanol–water partition coefficient (Wildman–Crippen LogP) is 2.42. The second-order valence-electron chi connectivity index (χ2n) is 3.31. The summed E-state index contributed by atoms with van der Waals surface area (Å²) in [6.07, 6.45) is -4.94. The van der Waals surface area contributed by atoms with Crippen LogP contribution in [0.4, 0.5) is 17.6 Å². The molecule has 0 aromatic rings. The quantitative estimate of drug-likeness (QED) is 0.341. The van der Waals surface area contributed by atoms with E-state index in [2.05, 4.69) is 6.58 Å². The summed E-state index contributed by atoms with van der Waals surface area (Å²) in [5.41, 5.74) is 2.42. The molecule has 1 unspecified atom stereocenters. The molecule has 0 aliphatic rings. The molecule has 0 radical (unpaired) electrons. The van der Waals surface area contributed by atoms with Gasteiger partial charge in [-0.25, -0.2) is 4.39 Å². The Morgan fingerprint density at radius 3 is 2.06 bits per heavy atom. The molecule has 0 fully saturated rings. The number of rotatable bonds is 6. The van der Waals surface area contributed by atoms with Gasteiger partial charge in [0.2, 0.25) is 5.50 Å². The van der Waals surface area contributed by atoms with Crippen molar-refractivity contribution in [3.8, 4) is 0 Å². The summed E-state index contributed by atoms with van der Waals surface area (Å²) in [4.78, 5) is 0. The van der Waals surface area contributed by atoms with E-state index in [1.807, 2.05) is 0 Å². The third-order valence-corrected chi connectivity index (χ3v) is 2.51. The molecule has 0 aliphatic carbocycles. The van der Waals surface area contributed by atoms with Crippen LogP contribution < -0.4 is 5.73 Å². The van der Waals surface area contributed by atoms with Crippen molar-refractivity contribution in [2.75, 3.05) is 6.54 Å². The van der Waals surface area contributed by atoms with Gasteiger partial charge in [-0.3, -0.25) is 4.55 Å². The van der Waals surface area contributed by atoms with Crippen LogP contribution in [0.15, 0.2) is 12.7 Å². The molecule has 0 saturated heterocycles. The minimum Gasteiger partial charge on any atom is -0.327 e. The second kappa shape index (κ2) is 9.29. The lowest BCUT2D eigenvalue weighted by molar-refractivity contribution is -0.135. The van der Waals surface area contributed by atoms with Crippen LogP contribution in [0.3, 0.4) is 0 Å². The Morgan fingerprint density at radius 1 is 1.33 bits per heavy atom. The SMILES string of the molecule is C=CCN.O=S(=O)(O)C(F)CCCCC(F)(F)F. The third kappa shape index (κ3) is 15.3. The molecular weight excluding hydrogens is 278 g/mol. The van der Waals surface area contributed by atoms with E-state index in [-0.39, 0.29) is 12.8 Å². The molecule has 4 nitrogen and oxygen atoms in total. The number of hydrogen-bond acceptors (Lipinski definition) is 3. The fraction of sp³-hybridized carbons (Fsp3) is 0.778. The lowest BCUT2D eigenvalue weighted by Crippen LogP contribution is -2.15. The van der Waals surface area contributed by atoms with Gasteiger partial charge >= 0.3 is 6.18 Å². The molecule has 110 valence electrons. The van der Waals surface area contributed by atoms with Crippen molar-refractivity contribution in [3.05, 3.63) is 12.7 Å². The molecule has 0 saturated carbocycles. The van der Waals surface area contributed by atoms with Crippen LogP contribution in [0.25, 0.3) is 0 Å². The van der Waals surface area contributed by atoms with Crippen molar-refractivity contribution in [3.63, 3.8) is 0 Å². The average molecular weight is 295 g/mol. The Bertz CT molecular complexity index is 316. The first-order valence-electron chi connectivity index (χ1n) is 5.02. The zero-order chi connectivity index (χ0) is 14.8. The largest absolute Gasteiger partial charge is 0.389 e. The van der Waals surface area contributed by atoms with E-state index in [9.17, 15) is 26.0 Å². The maximum absolute atomic E-state index is 12.4. The van der Waals surface area contributed by atoms with Gasteiger partial charge in [-0.15, -0.1) is 6.58 Å². The van der Waals surface area contributed by atoms with Crippen molar-refractivity contribution >= 4 is 10.1 Å². The fourth-order valence-electron chi connectivity index (χ4n) is 0.779. The number of alkyl halides is 4. The topological polar surface area (TPSA) is 80.4 Å². The highest BCUT2D eigenvalue weighted by atomic mass is 32.2. The van der Waals surface area contributed by atoms with Gasteiger partial charge in [-0.05, 0) is 19.3 Å². The highest BCUT2D eigenvalue weighted by molar-refractivity contribution is 7.86. The van der Waals surface area contributed by atoms with Crippen molar-refractivity contribution in [1.82, 2.24) is 0 Å². The second-order valence-corrected chi connectivity index (χ2v) is 4.85. The normalized spacial score (nSPS) is 13.4. The minimum atomic E-state index is -4.77. The van der Waals surface area contributed by atoms with E-state index in [0.29, 0.717) is 6.54 Å². The van der Waals surface area contributed by atoms with Crippen molar-refractivity contribution in [1.29, 1.82) is 0 Å². The Kier molecular flexibility index (Phi) is 10.1. The molecule has 0 aromatic carbocycles. The van der Waals surface area contributed by atoms with Crippen LogP contribution in [-0.4, -0.2) is 31.2 Å². The van der Waals surface area contributed by atoms with Crippen LogP contribution in [0.5, 0.6) is 0 Å². The maximum Gasteiger partial charge on any atom is 0.389 e. The summed E-state index contributed by atoms with van der Waals surface area (Å²) in [7, 11) is -4.77. The summed E-state index contributed by atoms with van der Waals surface area (Å²) < 4.78 is 75.4. The lowest BCUT2D eigenvalue weighted by Gasteiger charge is -2.06. The van der Waals surface area contributed by atoms with Gasteiger partial charge in [0.25, 0.3) is 10.1 Å². The Balaban J connectivity index is 0. The average Bonchev–Trinajstić information content (AvgIpc) is 2.21. The number of hydrogen-bond donors (Lipinski definition) is 2. The van der Waals surface area contributed by atoms with E-state index in [4.69, 9.17) is 10.3 Å². The number of halogens is 4. The lowest BCUT2D eigenvalue weighted by atomic mass is 10.2. The Morgan fingerprint density at radius 2 is 1.78 bits per heavy atom. The number of nitrogens with two attached hydrogens (primary N) is 1. The standard InChI is InChI=1S/C6H10F4O3S.C3H7N/c7-5(14(11,12)13)3-1-2-4-6(8,9)10;1-2-3-4/h5H,1-4H2,(H,11,12,13);2H,1,3-4H2. The Labute approximate surface area is 104 Å². The molecule has 9 heteroatoms. The molecule has 0 bridgehead atoms. The highest BCUT2D eigenvalue weighted by Crippen LogP contribution is 2.23. The first kappa shape index (κ1) is 19.7. The van der Waals surface area contributed by atoms with Crippen LogP contribution in [0.2, 0.25) is 0 Å². The Hall–Kier alpha value is -0.670. The highest BCUT2D eigenvalue weighted by Gasteiger charge is 2.27. The van der Waals surface area contributed by atoms with E-state index in [1.165, 1.54) is 0 Å². The van der Waals surface area contributed by atoms with Crippen LogP contribution in [0.1, 0.15) is 25.7 Å². The monoisotopic (exact) mass is 295 g/mol. The van der Waals surface area contributed by atoms with Gasteiger partial charge in [0.05, 0.1) is 0 Å². The predicted molar refractivity (Wildman–Crippen MR) is 60.2 cm³/mol. The molecule has 0 spiro atoms. The van der Waals surface area contributed by atoms with E-state index >= 15 is 0 Å². The van der Waals surface area contributed by atoms with E-state index in [0.717, 1.165) is 0 Å². The zero-order valence-corrected chi connectivity index (χ0v) is 10.5. The molecule has 0 amide bonds. The molecule has 0 aliphatic heterocycles. The van der Waals surface area contributed by atoms with Crippen molar-refractivity contribution in [2.45, 2.75) is 37.4 Å². The van der Waals surface area contributed by atoms with Crippen LogP contribution in [0, 0.1) is 0 Å². The van der Waals surface area contributed by atoms with Gasteiger partial charge in [-0.1, -0.05) is 6.08 Å². The fourth-order valence-corrected chi connectivity index (χ4v) is 1.24.